The highest BCUT2D eigenvalue weighted by Crippen LogP contribution is 2.42. The maximum Gasteiger partial charge on any atom is 0.335 e. The first kappa shape index (κ1) is 28.8. The molecule has 6 heteroatoms. The van der Waals surface area contributed by atoms with Gasteiger partial charge in [-0.25, -0.2) is 4.79 Å². The van der Waals surface area contributed by atoms with E-state index >= 15 is 0 Å². The highest BCUT2D eigenvalue weighted by Gasteiger charge is 2.28. The highest BCUT2D eigenvalue weighted by molar-refractivity contribution is 6.09. The van der Waals surface area contributed by atoms with Crippen LogP contribution in [0.15, 0.2) is 121 Å². The van der Waals surface area contributed by atoms with Crippen LogP contribution in [0.25, 0.3) is 33.2 Å². The van der Waals surface area contributed by atoms with E-state index in [-0.39, 0.29) is 18.0 Å². The van der Waals surface area contributed by atoms with Crippen LogP contribution in [0, 0.1) is 11.3 Å². The zero-order valence-corrected chi connectivity index (χ0v) is 25.1. The molecule has 1 heterocycles. The SMILES string of the molecule is N#Cc1cccc(-c2cc(C(=O)NCc3ccc(C(=O)O)cc3)c3c(Cc4ccc(-c5ccccc5)cc4)cn(C4CC4)c3c2)c1. The molecule has 0 atom stereocenters. The number of rotatable bonds is 9. The lowest BCUT2D eigenvalue weighted by Crippen LogP contribution is -2.23. The summed E-state index contributed by atoms with van der Waals surface area (Å²) in [5, 5.41) is 22.8. The van der Waals surface area contributed by atoms with E-state index in [4.69, 9.17) is 0 Å². The number of fused-ring (bicyclic) bond motifs is 1. The van der Waals surface area contributed by atoms with Gasteiger partial charge in [0.05, 0.1) is 17.2 Å². The van der Waals surface area contributed by atoms with Crippen LogP contribution < -0.4 is 5.32 Å². The zero-order chi connectivity index (χ0) is 31.6. The Morgan fingerprint density at radius 2 is 1.48 bits per heavy atom. The van der Waals surface area contributed by atoms with Gasteiger partial charge >= 0.3 is 5.97 Å². The van der Waals surface area contributed by atoms with Crippen molar-refractivity contribution in [2.75, 3.05) is 0 Å². The van der Waals surface area contributed by atoms with Crippen LogP contribution in [0.4, 0.5) is 0 Å². The standard InChI is InChI=1S/C40H31N3O3/c41-23-28-5-4-8-32(20-28)33-21-36(39(44)42-24-27-11-15-31(16-12-27)40(45)46)38-34(25-43(35-17-18-35)37(38)22-33)19-26-9-13-30(14-10-26)29-6-2-1-3-7-29/h1-16,20-22,25,35H,17-19,24H2,(H,42,44)(H,45,46). The molecule has 224 valence electrons. The number of aromatic carboxylic acids is 1. The molecule has 0 spiro atoms. The molecular formula is C40H31N3O3. The van der Waals surface area contributed by atoms with E-state index in [1.54, 1.807) is 30.3 Å². The number of benzene rings is 5. The van der Waals surface area contributed by atoms with E-state index in [1.807, 2.05) is 42.5 Å². The molecule has 2 N–H and O–H groups in total. The topological polar surface area (TPSA) is 95.1 Å². The number of aromatic nitrogens is 1. The van der Waals surface area contributed by atoms with Crippen molar-refractivity contribution in [1.29, 1.82) is 5.26 Å². The Morgan fingerprint density at radius 3 is 2.17 bits per heavy atom. The molecule has 1 aliphatic carbocycles. The van der Waals surface area contributed by atoms with Gasteiger partial charge in [-0.05, 0) is 94.6 Å². The predicted molar refractivity (Wildman–Crippen MR) is 180 cm³/mol. The Hall–Kier alpha value is -5.93. The molecule has 1 saturated carbocycles. The molecule has 6 nitrogen and oxygen atoms in total. The summed E-state index contributed by atoms with van der Waals surface area (Å²) in [6, 6.07) is 39.6. The molecule has 1 amide bonds. The first-order valence-corrected chi connectivity index (χ1v) is 15.4. The van der Waals surface area contributed by atoms with Crippen molar-refractivity contribution in [2.45, 2.75) is 31.8 Å². The summed E-state index contributed by atoms with van der Waals surface area (Å²) < 4.78 is 2.32. The number of carbonyl (C=O) groups is 2. The first-order valence-electron chi connectivity index (χ1n) is 15.4. The summed E-state index contributed by atoms with van der Waals surface area (Å²) in [6.45, 7) is 0.258. The minimum atomic E-state index is -0.988. The van der Waals surface area contributed by atoms with Gasteiger partial charge in [0.15, 0.2) is 0 Å². The quantitative estimate of drug-likeness (QED) is 0.174. The molecule has 0 bridgehead atoms. The molecule has 0 aliphatic heterocycles. The first-order chi connectivity index (χ1) is 22.5. The van der Waals surface area contributed by atoms with Crippen molar-refractivity contribution in [3.8, 4) is 28.3 Å². The van der Waals surface area contributed by atoms with E-state index in [1.165, 1.54) is 5.56 Å². The summed E-state index contributed by atoms with van der Waals surface area (Å²) >= 11 is 0. The average Bonchev–Trinajstić information content (AvgIpc) is 3.89. The summed E-state index contributed by atoms with van der Waals surface area (Å²) in [4.78, 5) is 25.3. The van der Waals surface area contributed by atoms with Crippen molar-refractivity contribution in [2.24, 2.45) is 0 Å². The molecule has 0 saturated heterocycles. The van der Waals surface area contributed by atoms with Crippen molar-refractivity contribution in [1.82, 2.24) is 9.88 Å². The van der Waals surface area contributed by atoms with Crippen LogP contribution in [0.5, 0.6) is 0 Å². The fourth-order valence-electron chi connectivity index (χ4n) is 6.08. The van der Waals surface area contributed by atoms with Gasteiger partial charge in [-0.3, -0.25) is 4.79 Å². The van der Waals surface area contributed by atoms with Crippen molar-refractivity contribution >= 4 is 22.8 Å². The number of carbonyl (C=O) groups excluding carboxylic acids is 1. The molecule has 1 aliphatic rings. The molecule has 0 radical (unpaired) electrons. The third kappa shape index (κ3) is 5.91. The van der Waals surface area contributed by atoms with E-state index < -0.39 is 5.97 Å². The van der Waals surface area contributed by atoms with E-state index in [0.717, 1.165) is 57.1 Å². The summed E-state index contributed by atoms with van der Waals surface area (Å²) in [6.07, 6.45) is 5.07. The fraction of sp³-hybridized carbons (Fsp3) is 0.125. The van der Waals surface area contributed by atoms with Gasteiger partial charge in [0.25, 0.3) is 5.91 Å². The van der Waals surface area contributed by atoms with Gasteiger partial charge in [-0.15, -0.1) is 0 Å². The van der Waals surface area contributed by atoms with Crippen LogP contribution in [-0.2, 0) is 13.0 Å². The lowest BCUT2D eigenvalue weighted by atomic mass is 9.94. The number of amides is 1. The van der Waals surface area contributed by atoms with Gasteiger partial charge in [0.2, 0.25) is 0 Å². The van der Waals surface area contributed by atoms with Crippen molar-refractivity contribution < 1.29 is 14.7 Å². The number of nitrogens with one attached hydrogen (secondary N) is 1. The number of carboxylic acids is 1. The van der Waals surface area contributed by atoms with Gasteiger partial charge in [0, 0.05) is 35.2 Å². The number of hydrogen-bond donors (Lipinski definition) is 2. The van der Waals surface area contributed by atoms with Crippen molar-refractivity contribution in [3.63, 3.8) is 0 Å². The van der Waals surface area contributed by atoms with Gasteiger partial charge in [-0.2, -0.15) is 5.26 Å². The second kappa shape index (κ2) is 12.2. The molecular weight excluding hydrogens is 570 g/mol. The Bertz CT molecular complexity index is 2120. The van der Waals surface area contributed by atoms with Gasteiger partial charge < -0.3 is 15.0 Å². The van der Waals surface area contributed by atoms with Crippen LogP contribution in [-0.4, -0.2) is 21.6 Å². The maximum atomic E-state index is 14.0. The Morgan fingerprint density at radius 1 is 0.783 bits per heavy atom. The number of nitrogens with zero attached hydrogens (tertiary/aromatic N) is 2. The van der Waals surface area contributed by atoms with Crippen LogP contribution in [0.2, 0.25) is 0 Å². The Labute approximate surface area is 267 Å². The van der Waals surface area contributed by atoms with Gasteiger partial charge in [0.1, 0.15) is 0 Å². The molecule has 1 fully saturated rings. The summed E-state index contributed by atoms with van der Waals surface area (Å²) in [5.74, 6) is -1.20. The molecule has 7 rings (SSSR count). The largest absolute Gasteiger partial charge is 0.478 e. The molecule has 1 aromatic heterocycles. The summed E-state index contributed by atoms with van der Waals surface area (Å²) in [7, 11) is 0. The molecule has 0 unspecified atom stereocenters. The third-order valence-electron chi connectivity index (χ3n) is 8.63. The molecule has 5 aromatic carbocycles. The number of nitriles is 1. The van der Waals surface area contributed by atoms with E-state index in [0.29, 0.717) is 23.6 Å². The van der Waals surface area contributed by atoms with E-state index in [9.17, 15) is 20.0 Å². The normalized spacial score (nSPS) is 12.5. The molecule has 46 heavy (non-hydrogen) atoms. The maximum absolute atomic E-state index is 14.0. The lowest BCUT2D eigenvalue weighted by Gasteiger charge is -2.13. The van der Waals surface area contributed by atoms with Crippen molar-refractivity contribution in [3.05, 3.63) is 155 Å². The minimum absolute atomic E-state index is 0.201. The Kier molecular flexibility index (Phi) is 7.66. The number of hydrogen-bond acceptors (Lipinski definition) is 3. The third-order valence-corrected chi connectivity index (χ3v) is 8.63. The second-order valence-corrected chi connectivity index (χ2v) is 11.8. The van der Waals surface area contributed by atoms with Crippen LogP contribution >= 0.6 is 0 Å². The monoisotopic (exact) mass is 601 g/mol. The van der Waals surface area contributed by atoms with E-state index in [2.05, 4.69) is 64.6 Å². The lowest BCUT2D eigenvalue weighted by molar-refractivity contribution is 0.0696. The minimum Gasteiger partial charge on any atom is -0.478 e. The smallest absolute Gasteiger partial charge is 0.335 e. The fourth-order valence-corrected chi connectivity index (χ4v) is 6.08. The molecule has 6 aromatic rings. The Balaban J connectivity index is 1.29. The predicted octanol–water partition coefficient (Wildman–Crippen LogP) is 8.40. The second-order valence-electron chi connectivity index (χ2n) is 11.8. The highest BCUT2D eigenvalue weighted by atomic mass is 16.4. The zero-order valence-electron chi connectivity index (χ0n) is 25.1. The summed E-state index contributed by atoms with van der Waals surface area (Å²) in [5.41, 5.74) is 9.48. The van der Waals surface area contributed by atoms with Crippen LogP contribution in [0.1, 0.15) is 61.9 Å². The average molecular weight is 602 g/mol. The number of carboxylic acid groups (broad SMARTS) is 1. The van der Waals surface area contributed by atoms with Gasteiger partial charge in [-0.1, -0.05) is 78.9 Å². The van der Waals surface area contributed by atoms with Crippen LogP contribution in [0.3, 0.4) is 0 Å².